The zero-order valence-electron chi connectivity index (χ0n) is 21.5. The number of pyridine rings is 1. The fourth-order valence-corrected chi connectivity index (χ4v) is 5.46. The third-order valence-electron chi connectivity index (χ3n) is 7.79. The molecule has 0 spiro atoms. The van der Waals surface area contributed by atoms with Crippen LogP contribution in [0.25, 0.3) is 5.69 Å². The molecular formula is C28H29F3N6O2. The SMILES string of the molecule is Cc1c(C(=O)Nc2ccc([C@]3(C#N)CC[C@@H](N4CCOCC4)CC3)nc2)cnn1-c1ccc(C(F)(F)F)cc1. The fraction of sp³-hybridized carbons (Fsp3) is 0.429. The Hall–Kier alpha value is -3.75. The van der Waals surface area contributed by atoms with Crippen LogP contribution in [0.4, 0.5) is 18.9 Å². The number of ether oxygens (including phenoxy) is 1. The molecule has 5 rings (SSSR count). The maximum Gasteiger partial charge on any atom is 0.416 e. The van der Waals surface area contributed by atoms with Gasteiger partial charge in [-0.2, -0.15) is 23.5 Å². The van der Waals surface area contributed by atoms with Crippen LogP contribution in [-0.2, 0) is 16.3 Å². The van der Waals surface area contributed by atoms with Crippen molar-refractivity contribution >= 4 is 11.6 Å². The van der Waals surface area contributed by atoms with Crippen LogP contribution in [0.5, 0.6) is 0 Å². The number of hydrogen-bond donors (Lipinski definition) is 1. The first-order valence-electron chi connectivity index (χ1n) is 12.9. The largest absolute Gasteiger partial charge is 0.416 e. The Balaban J connectivity index is 1.24. The molecule has 204 valence electrons. The predicted molar refractivity (Wildman–Crippen MR) is 137 cm³/mol. The summed E-state index contributed by atoms with van der Waals surface area (Å²) in [6.07, 6.45) is 1.81. The molecule has 3 heterocycles. The first-order chi connectivity index (χ1) is 18.7. The number of rotatable bonds is 5. The van der Waals surface area contributed by atoms with E-state index < -0.39 is 23.1 Å². The summed E-state index contributed by atoms with van der Waals surface area (Å²) in [5.41, 5.74) is 0.954. The Morgan fingerprint density at radius 2 is 1.79 bits per heavy atom. The summed E-state index contributed by atoms with van der Waals surface area (Å²) in [6.45, 7) is 5.04. The quantitative estimate of drug-likeness (QED) is 0.497. The minimum atomic E-state index is -4.43. The number of nitrogens with one attached hydrogen (secondary N) is 1. The Kier molecular flexibility index (Phi) is 7.42. The Labute approximate surface area is 224 Å². The molecule has 1 saturated carbocycles. The summed E-state index contributed by atoms with van der Waals surface area (Å²) in [5.74, 6) is -0.416. The number of anilines is 1. The number of aromatic nitrogens is 3. The van der Waals surface area contributed by atoms with Gasteiger partial charge in [0.15, 0.2) is 0 Å². The molecule has 1 aromatic carbocycles. The van der Waals surface area contributed by atoms with Gasteiger partial charge in [-0.1, -0.05) is 0 Å². The molecule has 8 nitrogen and oxygen atoms in total. The summed E-state index contributed by atoms with van der Waals surface area (Å²) in [5, 5.41) is 17.1. The summed E-state index contributed by atoms with van der Waals surface area (Å²) < 4.78 is 45.5. The van der Waals surface area contributed by atoms with E-state index in [2.05, 4.69) is 26.4 Å². The van der Waals surface area contributed by atoms with Crippen molar-refractivity contribution in [1.29, 1.82) is 5.26 Å². The lowest BCUT2D eigenvalue weighted by Crippen LogP contribution is -2.47. The maximum atomic E-state index is 13.0. The van der Waals surface area contributed by atoms with Gasteiger partial charge in [0.05, 0.1) is 71.0 Å². The second-order valence-electron chi connectivity index (χ2n) is 10.1. The van der Waals surface area contributed by atoms with Gasteiger partial charge in [0.1, 0.15) is 0 Å². The molecule has 1 saturated heterocycles. The van der Waals surface area contributed by atoms with Gasteiger partial charge in [-0.3, -0.25) is 14.7 Å². The summed E-state index contributed by atoms with van der Waals surface area (Å²) in [7, 11) is 0. The van der Waals surface area contributed by atoms with E-state index in [1.165, 1.54) is 23.0 Å². The average molecular weight is 539 g/mol. The lowest BCUT2D eigenvalue weighted by molar-refractivity contribution is -0.137. The molecule has 2 aromatic heterocycles. The molecule has 0 bridgehead atoms. The summed E-state index contributed by atoms with van der Waals surface area (Å²) >= 11 is 0. The number of carbonyl (C=O) groups excluding carboxylic acids is 1. The number of amides is 1. The summed E-state index contributed by atoms with van der Waals surface area (Å²) in [6, 6.07) is 11.1. The highest BCUT2D eigenvalue weighted by molar-refractivity contribution is 6.04. The van der Waals surface area contributed by atoms with Crippen molar-refractivity contribution in [3.8, 4) is 11.8 Å². The van der Waals surface area contributed by atoms with E-state index in [4.69, 9.17) is 4.74 Å². The molecule has 1 aliphatic carbocycles. The monoisotopic (exact) mass is 538 g/mol. The van der Waals surface area contributed by atoms with E-state index in [0.29, 0.717) is 28.8 Å². The van der Waals surface area contributed by atoms with Crippen molar-refractivity contribution in [1.82, 2.24) is 19.7 Å². The van der Waals surface area contributed by atoms with Gasteiger partial charge in [-0.25, -0.2) is 4.68 Å². The Morgan fingerprint density at radius 3 is 2.38 bits per heavy atom. The zero-order chi connectivity index (χ0) is 27.6. The fourth-order valence-electron chi connectivity index (χ4n) is 5.46. The van der Waals surface area contributed by atoms with Gasteiger partial charge in [-0.05, 0) is 69.0 Å². The van der Waals surface area contributed by atoms with Crippen molar-refractivity contribution in [2.24, 2.45) is 0 Å². The number of alkyl halides is 3. The molecule has 0 unspecified atom stereocenters. The molecule has 3 aromatic rings. The Bertz CT molecular complexity index is 1350. The zero-order valence-corrected chi connectivity index (χ0v) is 21.5. The van der Waals surface area contributed by atoms with Crippen LogP contribution in [0.15, 0.2) is 48.8 Å². The maximum absolute atomic E-state index is 13.0. The van der Waals surface area contributed by atoms with Crippen LogP contribution in [0.1, 0.15) is 53.0 Å². The standard InChI is InChI=1S/C28H29F3N6O2/c1-19-24(17-34-37(19)23-5-2-20(3-6-23)28(29,30)31)26(38)35-21-4-7-25(33-16-21)27(18-32)10-8-22(9-11-27)36-12-14-39-15-13-36/h2-7,16-17,22H,8-15H2,1H3,(H,35,38)/t22-,27-. The van der Waals surface area contributed by atoms with E-state index in [9.17, 15) is 23.2 Å². The lowest BCUT2D eigenvalue weighted by Gasteiger charge is -2.41. The minimum Gasteiger partial charge on any atom is -0.379 e. The van der Waals surface area contributed by atoms with Gasteiger partial charge in [0.25, 0.3) is 5.91 Å². The van der Waals surface area contributed by atoms with Crippen LogP contribution in [0.2, 0.25) is 0 Å². The van der Waals surface area contributed by atoms with Crippen molar-refractivity contribution in [3.05, 3.63) is 71.3 Å². The number of nitrogens with zero attached hydrogens (tertiary/aromatic N) is 5. The molecule has 2 fully saturated rings. The van der Waals surface area contributed by atoms with Crippen LogP contribution < -0.4 is 5.32 Å². The van der Waals surface area contributed by atoms with Crippen molar-refractivity contribution in [2.75, 3.05) is 31.6 Å². The molecule has 1 aliphatic heterocycles. The van der Waals surface area contributed by atoms with Gasteiger partial charge >= 0.3 is 6.18 Å². The van der Waals surface area contributed by atoms with E-state index >= 15 is 0 Å². The number of nitriles is 1. The van der Waals surface area contributed by atoms with E-state index in [1.54, 1.807) is 25.3 Å². The smallest absolute Gasteiger partial charge is 0.379 e. The molecule has 0 atom stereocenters. The van der Waals surface area contributed by atoms with Crippen molar-refractivity contribution in [2.45, 2.75) is 50.2 Å². The van der Waals surface area contributed by atoms with Crippen LogP contribution in [0, 0.1) is 18.3 Å². The summed E-state index contributed by atoms with van der Waals surface area (Å²) in [4.78, 5) is 20.0. The molecule has 2 aliphatic rings. The van der Waals surface area contributed by atoms with Gasteiger partial charge < -0.3 is 10.1 Å². The van der Waals surface area contributed by atoms with Gasteiger partial charge in [-0.15, -0.1) is 0 Å². The van der Waals surface area contributed by atoms with E-state index in [0.717, 1.165) is 64.1 Å². The molecule has 11 heteroatoms. The normalized spacial score (nSPS) is 22.3. The van der Waals surface area contributed by atoms with Crippen LogP contribution >= 0.6 is 0 Å². The third kappa shape index (κ3) is 5.53. The third-order valence-corrected chi connectivity index (χ3v) is 7.79. The van der Waals surface area contributed by atoms with Crippen LogP contribution in [0.3, 0.4) is 0 Å². The number of carbonyl (C=O) groups is 1. The van der Waals surface area contributed by atoms with E-state index in [1.807, 2.05) is 0 Å². The highest BCUT2D eigenvalue weighted by Crippen LogP contribution is 2.40. The van der Waals surface area contributed by atoms with Crippen LogP contribution in [-0.4, -0.2) is 57.9 Å². The van der Waals surface area contributed by atoms with Gasteiger partial charge in [0, 0.05) is 19.1 Å². The van der Waals surface area contributed by atoms with E-state index in [-0.39, 0.29) is 5.56 Å². The number of benzene rings is 1. The second kappa shape index (κ2) is 10.8. The molecular weight excluding hydrogens is 509 g/mol. The minimum absolute atomic E-state index is 0.286. The molecule has 1 amide bonds. The van der Waals surface area contributed by atoms with Gasteiger partial charge in [0.2, 0.25) is 0 Å². The molecule has 39 heavy (non-hydrogen) atoms. The number of hydrogen-bond acceptors (Lipinski definition) is 6. The van der Waals surface area contributed by atoms with Crippen molar-refractivity contribution in [3.63, 3.8) is 0 Å². The molecule has 0 radical (unpaired) electrons. The second-order valence-corrected chi connectivity index (χ2v) is 10.1. The predicted octanol–water partition coefficient (Wildman–Crippen LogP) is 4.88. The highest BCUT2D eigenvalue weighted by Gasteiger charge is 2.40. The lowest BCUT2D eigenvalue weighted by atomic mass is 9.71. The molecule has 1 N–H and O–H groups in total. The average Bonchev–Trinajstić information content (AvgIpc) is 3.35. The topological polar surface area (TPSA) is 96.1 Å². The first kappa shape index (κ1) is 26.8. The number of morpholine rings is 1. The Morgan fingerprint density at radius 1 is 1.10 bits per heavy atom. The van der Waals surface area contributed by atoms with Crippen molar-refractivity contribution < 1.29 is 22.7 Å². The number of halogens is 3. The highest BCUT2D eigenvalue weighted by atomic mass is 19.4. The first-order valence-corrected chi connectivity index (χ1v) is 12.9.